The number of nitrogens with one attached hydrogen (secondary N) is 2. The second-order valence-electron chi connectivity index (χ2n) is 9.34. The summed E-state index contributed by atoms with van der Waals surface area (Å²) in [6, 6.07) is 9.73. The molecule has 7 nitrogen and oxygen atoms in total. The highest BCUT2D eigenvalue weighted by Crippen LogP contribution is 2.41. The van der Waals surface area contributed by atoms with Crippen molar-refractivity contribution >= 4 is 34.7 Å². The third-order valence-electron chi connectivity index (χ3n) is 6.97. The Hall–Kier alpha value is -3.09. The Kier molecular flexibility index (Phi) is 5.49. The Bertz CT molecular complexity index is 1030. The summed E-state index contributed by atoms with van der Waals surface area (Å²) in [5.41, 5.74) is 3.35. The fourth-order valence-corrected chi connectivity index (χ4v) is 4.94. The highest BCUT2D eigenvalue weighted by atomic mass is 16.2. The molecule has 0 saturated heterocycles. The Morgan fingerprint density at radius 1 is 1.12 bits per heavy atom. The summed E-state index contributed by atoms with van der Waals surface area (Å²) in [6.07, 6.45) is 8.84. The van der Waals surface area contributed by atoms with E-state index >= 15 is 0 Å². The molecule has 1 aromatic heterocycles. The molecule has 1 aliphatic heterocycles. The normalized spacial score (nSPS) is 20.9. The van der Waals surface area contributed by atoms with Crippen LogP contribution < -0.4 is 20.4 Å². The average Bonchev–Trinajstić information content (AvgIpc) is 3.48. The van der Waals surface area contributed by atoms with Crippen LogP contribution in [0.3, 0.4) is 0 Å². The molecule has 2 N–H and O–H groups in total. The summed E-state index contributed by atoms with van der Waals surface area (Å²) in [5.74, 6) is 1.42. The Morgan fingerprint density at radius 3 is 2.66 bits per heavy atom. The first kappa shape index (κ1) is 20.8. The molecule has 1 aromatic carbocycles. The molecule has 3 aliphatic rings. The number of amides is 2. The predicted octanol–water partition coefficient (Wildman–Crippen LogP) is 4.08. The summed E-state index contributed by atoms with van der Waals surface area (Å²) >= 11 is 0. The molecule has 5 rings (SSSR count). The number of benzene rings is 1. The lowest BCUT2D eigenvalue weighted by atomic mass is 10.0. The van der Waals surface area contributed by atoms with E-state index in [1.807, 2.05) is 44.3 Å². The predicted molar refractivity (Wildman–Crippen MR) is 127 cm³/mol. The second-order valence-corrected chi connectivity index (χ2v) is 9.34. The maximum atomic E-state index is 12.8. The Labute approximate surface area is 189 Å². The highest BCUT2D eigenvalue weighted by molar-refractivity contribution is 6.05. The van der Waals surface area contributed by atoms with Crippen LogP contribution in [0.1, 0.15) is 55.8 Å². The van der Waals surface area contributed by atoms with E-state index in [1.54, 1.807) is 11.1 Å². The minimum atomic E-state index is -0.190. The van der Waals surface area contributed by atoms with Gasteiger partial charge in [0.15, 0.2) is 0 Å². The Balaban J connectivity index is 1.39. The van der Waals surface area contributed by atoms with Gasteiger partial charge in [-0.05, 0) is 56.7 Å². The molecule has 0 bridgehead atoms. The zero-order valence-electron chi connectivity index (χ0n) is 18.8. The van der Waals surface area contributed by atoms with Crippen LogP contribution >= 0.6 is 0 Å². The highest BCUT2D eigenvalue weighted by Gasteiger charge is 2.38. The second kappa shape index (κ2) is 8.45. The molecule has 168 valence electrons. The van der Waals surface area contributed by atoms with Crippen LogP contribution in [0.5, 0.6) is 0 Å². The monoisotopic (exact) mass is 433 g/mol. The van der Waals surface area contributed by atoms with Gasteiger partial charge < -0.3 is 20.4 Å². The number of hydrogen-bond acceptors (Lipinski definition) is 5. The minimum Gasteiger partial charge on any atom is -0.355 e. The molecule has 32 heavy (non-hydrogen) atoms. The lowest BCUT2D eigenvalue weighted by molar-refractivity contribution is -0.119. The van der Waals surface area contributed by atoms with Gasteiger partial charge in [-0.1, -0.05) is 18.9 Å². The van der Waals surface area contributed by atoms with Crippen molar-refractivity contribution in [3.8, 4) is 0 Å². The van der Waals surface area contributed by atoms with E-state index in [0.717, 1.165) is 36.4 Å². The molecular weight excluding hydrogens is 402 g/mol. The molecule has 0 radical (unpaired) electrons. The third-order valence-corrected chi connectivity index (χ3v) is 6.97. The van der Waals surface area contributed by atoms with Gasteiger partial charge in [-0.15, -0.1) is 0 Å². The van der Waals surface area contributed by atoms with Crippen molar-refractivity contribution in [2.75, 3.05) is 28.7 Å². The van der Waals surface area contributed by atoms with Gasteiger partial charge in [0.2, 0.25) is 5.91 Å². The molecule has 2 heterocycles. The van der Waals surface area contributed by atoms with Gasteiger partial charge in [-0.2, -0.15) is 0 Å². The summed E-state index contributed by atoms with van der Waals surface area (Å²) in [5, 5.41) is 6.37. The molecule has 2 aromatic rings. The van der Waals surface area contributed by atoms with Crippen LogP contribution in [-0.4, -0.2) is 42.5 Å². The first-order chi connectivity index (χ1) is 15.5. The van der Waals surface area contributed by atoms with Gasteiger partial charge in [0, 0.05) is 37.0 Å². The number of likely N-dealkylation sites (N-methyl/N-ethyl adjacent to an activating group) is 1. The van der Waals surface area contributed by atoms with E-state index in [1.165, 1.54) is 25.7 Å². The van der Waals surface area contributed by atoms with Crippen LogP contribution in [0.15, 0.2) is 36.5 Å². The lowest BCUT2D eigenvalue weighted by Gasteiger charge is -2.43. The van der Waals surface area contributed by atoms with Crippen molar-refractivity contribution in [2.45, 2.75) is 57.5 Å². The molecule has 2 fully saturated rings. The van der Waals surface area contributed by atoms with E-state index in [2.05, 4.69) is 20.5 Å². The van der Waals surface area contributed by atoms with Gasteiger partial charge >= 0.3 is 0 Å². The zero-order valence-corrected chi connectivity index (χ0v) is 18.8. The summed E-state index contributed by atoms with van der Waals surface area (Å²) < 4.78 is 0. The molecule has 0 spiro atoms. The number of hydrogen-bond donors (Lipinski definition) is 2. The molecular formula is C25H31N5O2. The summed E-state index contributed by atoms with van der Waals surface area (Å²) in [4.78, 5) is 33.9. The molecule has 2 aliphatic carbocycles. The number of nitrogens with zero attached hydrogens (tertiary/aromatic N) is 3. The van der Waals surface area contributed by atoms with Crippen molar-refractivity contribution in [2.24, 2.45) is 5.92 Å². The van der Waals surface area contributed by atoms with E-state index in [9.17, 15) is 9.59 Å². The van der Waals surface area contributed by atoms with Gasteiger partial charge in [-0.25, -0.2) is 4.98 Å². The van der Waals surface area contributed by atoms with E-state index in [4.69, 9.17) is 0 Å². The van der Waals surface area contributed by atoms with Crippen molar-refractivity contribution in [3.63, 3.8) is 0 Å². The number of rotatable bonds is 6. The first-order valence-electron chi connectivity index (χ1n) is 11.7. The molecule has 7 heteroatoms. The summed E-state index contributed by atoms with van der Waals surface area (Å²) in [6.45, 7) is 2.75. The summed E-state index contributed by atoms with van der Waals surface area (Å²) in [7, 11) is 1.82. The first-order valence-corrected chi connectivity index (χ1v) is 11.7. The van der Waals surface area contributed by atoms with Crippen molar-refractivity contribution in [1.82, 2.24) is 10.3 Å². The van der Waals surface area contributed by atoms with Crippen molar-refractivity contribution in [3.05, 3.63) is 42.1 Å². The van der Waals surface area contributed by atoms with Crippen molar-refractivity contribution < 1.29 is 9.59 Å². The molecule has 2 amide bonds. The van der Waals surface area contributed by atoms with Gasteiger partial charge in [-0.3, -0.25) is 9.59 Å². The fraction of sp³-hybridized carbons (Fsp3) is 0.480. The molecule has 2 saturated carbocycles. The smallest absolute Gasteiger partial charge is 0.251 e. The average molecular weight is 434 g/mol. The standard InChI is InChI=1S/C25H31N5O2/c1-16-25(32)29(2)22-15-26-23(13-21(22)30(16)20-8-3-4-9-20)28-19-7-5-6-18(12-19)24(31)27-14-17-10-11-17/h5-7,12-13,15-17,20H,3-4,8-11,14H2,1-2H3,(H,26,28)(H,27,31). The Morgan fingerprint density at radius 2 is 1.91 bits per heavy atom. The number of carbonyl (C=O) groups is 2. The van der Waals surface area contributed by atoms with E-state index < -0.39 is 0 Å². The maximum Gasteiger partial charge on any atom is 0.251 e. The number of aromatic nitrogens is 1. The zero-order chi connectivity index (χ0) is 22.2. The maximum absolute atomic E-state index is 12.8. The fourth-order valence-electron chi connectivity index (χ4n) is 4.94. The van der Waals surface area contributed by atoms with Crippen LogP contribution in [0.4, 0.5) is 22.9 Å². The van der Waals surface area contributed by atoms with Crippen molar-refractivity contribution in [1.29, 1.82) is 0 Å². The van der Waals surface area contributed by atoms with E-state index in [0.29, 0.717) is 23.3 Å². The number of fused-ring (bicyclic) bond motifs is 1. The van der Waals surface area contributed by atoms with Gasteiger partial charge in [0.25, 0.3) is 5.91 Å². The molecule has 1 unspecified atom stereocenters. The molecule has 1 atom stereocenters. The van der Waals surface area contributed by atoms with Gasteiger partial charge in [0.05, 0.1) is 17.6 Å². The lowest BCUT2D eigenvalue weighted by Crippen LogP contribution is -2.54. The topological polar surface area (TPSA) is 77.6 Å². The van der Waals surface area contributed by atoms with Crippen LogP contribution in [0, 0.1) is 5.92 Å². The van der Waals surface area contributed by atoms with Gasteiger partial charge in [0.1, 0.15) is 11.9 Å². The quantitative estimate of drug-likeness (QED) is 0.718. The third kappa shape index (κ3) is 4.04. The van der Waals surface area contributed by atoms with Crippen LogP contribution in [0.2, 0.25) is 0 Å². The van der Waals surface area contributed by atoms with E-state index in [-0.39, 0.29) is 17.9 Å². The van der Waals surface area contributed by atoms with Crippen LogP contribution in [-0.2, 0) is 4.79 Å². The van der Waals surface area contributed by atoms with Crippen LogP contribution in [0.25, 0.3) is 0 Å². The number of anilines is 4. The SMILES string of the molecule is CC1C(=O)N(C)c2cnc(Nc3cccc(C(=O)NCC4CC4)c3)cc2N1C1CCCC1. The minimum absolute atomic E-state index is 0.0414. The number of pyridine rings is 1. The largest absolute Gasteiger partial charge is 0.355 e. The number of carbonyl (C=O) groups excluding carboxylic acids is 2.